The molecule has 15 heavy (non-hydrogen) atoms. The molecular formula is C11H24N2O2. The van der Waals surface area contributed by atoms with Crippen molar-refractivity contribution in [3.8, 4) is 0 Å². The van der Waals surface area contributed by atoms with Crippen molar-refractivity contribution in [2.24, 2.45) is 5.41 Å². The molecule has 4 heteroatoms. The summed E-state index contributed by atoms with van der Waals surface area (Å²) in [6.07, 6.45) is 2.48. The van der Waals surface area contributed by atoms with Crippen molar-refractivity contribution in [3.63, 3.8) is 0 Å². The highest BCUT2D eigenvalue weighted by atomic mass is 16.5. The Morgan fingerprint density at radius 1 is 1.40 bits per heavy atom. The molecule has 0 radical (unpaired) electrons. The van der Waals surface area contributed by atoms with Gasteiger partial charge in [-0.1, -0.05) is 20.8 Å². The second kappa shape index (κ2) is 6.80. The lowest BCUT2D eigenvalue weighted by Crippen LogP contribution is -2.46. The molecule has 1 aliphatic heterocycles. The first-order chi connectivity index (χ1) is 7.14. The van der Waals surface area contributed by atoms with Gasteiger partial charge in [0.1, 0.15) is 0 Å². The molecule has 1 fully saturated rings. The van der Waals surface area contributed by atoms with Gasteiger partial charge in [0.15, 0.2) is 0 Å². The Hall–Kier alpha value is -0.610. The standard InChI is InChI=1S/C9H18N2O2.C2H6/c1-3-9(8(12)10-13)4-6-11(2)7-5-9;1-2/h13H,3-7H2,1-2H3,(H,10,12);1-2H3. The zero-order valence-corrected chi connectivity index (χ0v) is 10.3. The van der Waals surface area contributed by atoms with E-state index in [1.54, 1.807) is 5.48 Å². The SMILES string of the molecule is CC.CCC1(C(=O)NO)CCN(C)CC1. The van der Waals surface area contributed by atoms with Crippen molar-refractivity contribution < 1.29 is 10.0 Å². The summed E-state index contributed by atoms with van der Waals surface area (Å²) in [4.78, 5) is 13.7. The van der Waals surface area contributed by atoms with Crippen LogP contribution < -0.4 is 5.48 Å². The molecule has 0 bridgehead atoms. The second-order valence-electron chi connectivity index (χ2n) is 3.88. The first-order valence-electron chi connectivity index (χ1n) is 5.78. The molecule has 0 aromatic heterocycles. The molecule has 1 aliphatic rings. The molecular weight excluding hydrogens is 192 g/mol. The lowest BCUT2D eigenvalue weighted by atomic mass is 9.75. The van der Waals surface area contributed by atoms with Gasteiger partial charge < -0.3 is 4.90 Å². The fourth-order valence-electron chi connectivity index (χ4n) is 1.91. The van der Waals surface area contributed by atoms with Gasteiger partial charge in [-0.3, -0.25) is 10.0 Å². The van der Waals surface area contributed by atoms with E-state index in [2.05, 4.69) is 11.9 Å². The first-order valence-corrected chi connectivity index (χ1v) is 5.78. The van der Waals surface area contributed by atoms with Crippen LogP contribution in [0.25, 0.3) is 0 Å². The summed E-state index contributed by atoms with van der Waals surface area (Å²) >= 11 is 0. The highest BCUT2D eigenvalue weighted by molar-refractivity contribution is 5.81. The normalized spacial score (nSPS) is 20.1. The molecule has 2 N–H and O–H groups in total. The van der Waals surface area contributed by atoms with Gasteiger partial charge in [-0.05, 0) is 39.4 Å². The highest BCUT2D eigenvalue weighted by Gasteiger charge is 2.38. The number of hydroxylamine groups is 1. The smallest absolute Gasteiger partial charge is 0.249 e. The van der Waals surface area contributed by atoms with Crippen molar-refractivity contribution in [2.45, 2.75) is 40.0 Å². The van der Waals surface area contributed by atoms with Gasteiger partial charge in [0.25, 0.3) is 0 Å². The fourth-order valence-corrected chi connectivity index (χ4v) is 1.91. The maximum Gasteiger partial charge on any atom is 0.249 e. The highest BCUT2D eigenvalue weighted by Crippen LogP contribution is 2.34. The maximum atomic E-state index is 11.4. The van der Waals surface area contributed by atoms with Gasteiger partial charge in [-0.25, -0.2) is 5.48 Å². The summed E-state index contributed by atoms with van der Waals surface area (Å²) in [6, 6.07) is 0. The van der Waals surface area contributed by atoms with E-state index in [0.29, 0.717) is 0 Å². The van der Waals surface area contributed by atoms with Crippen molar-refractivity contribution in [3.05, 3.63) is 0 Å². The Labute approximate surface area is 92.6 Å². The topological polar surface area (TPSA) is 52.6 Å². The maximum absolute atomic E-state index is 11.4. The van der Waals surface area contributed by atoms with Gasteiger partial charge in [-0.15, -0.1) is 0 Å². The average Bonchev–Trinajstić information content (AvgIpc) is 2.32. The predicted molar refractivity (Wildman–Crippen MR) is 60.7 cm³/mol. The monoisotopic (exact) mass is 216 g/mol. The number of nitrogens with zero attached hydrogens (tertiary/aromatic N) is 1. The van der Waals surface area contributed by atoms with Gasteiger partial charge >= 0.3 is 0 Å². The number of nitrogens with one attached hydrogen (secondary N) is 1. The van der Waals surface area contributed by atoms with Crippen LogP contribution in [0.2, 0.25) is 0 Å². The molecule has 0 atom stereocenters. The Morgan fingerprint density at radius 2 is 1.87 bits per heavy atom. The van der Waals surface area contributed by atoms with E-state index >= 15 is 0 Å². The van der Waals surface area contributed by atoms with Crippen LogP contribution in [0.5, 0.6) is 0 Å². The molecule has 90 valence electrons. The molecule has 0 saturated carbocycles. The minimum absolute atomic E-state index is 0.219. The molecule has 1 rings (SSSR count). The lowest BCUT2D eigenvalue weighted by Gasteiger charge is -2.37. The van der Waals surface area contributed by atoms with Gasteiger partial charge in [0.2, 0.25) is 5.91 Å². The number of piperidine rings is 1. The van der Waals surface area contributed by atoms with Gasteiger partial charge in [-0.2, -0.15) is 0 Å². The summed E-state index contributed by atoms with van der Waals surface area (Å²) in [7, 11) is 2.05. The summed E-state index contributed by atoms with van der Waals surface area (Å²) in [5.74, 6) is -0.219. The molecule has 1 heterocycles. The van der Waals surface area contributed by atoms with Crippen LogP contribution in [0.15, 0.2) is 0 Å². The average molecular weight is 216 g/mol. The van der Waals surface area contributed by atoms with Crippen LogP contribution in [0, 0.1) is 5.41 Å². The van der Waals surface area contributed by atoms with Crippen LogP contribution in [0.3, 0.4) is 0 Å². The van der Waals surface area contributed by atoms with Crippen molar-refractivity contribution in [1.82, 2.24) is 10.4 Å². The van der Waals surface area contributed by atoms with E-state index in [0.717, 1.165) is 32.4 Å². The van der Waals surface area contributed by atoms with Crippen LogP contribution in [-0.4, -0.2) is 36.2 Å². The third kappa shape index (κ3) is 3.47. The number of hydrogen-bond acceptors (Lipinski definition) is 3. The van der Waals surface area contributed by atoms with Crippen molar-refractivity contribution >= 4 is 5.91 Å². The minimum atomic E-state index is -0.332. The molecule has 0 aromatic rings. The molecule has 1 saturated heterocycles. The van der Waals surface area contributed by atoms with E-state index < -0.39 is 0 Å². The van der Waals surface area contributed by atoms with E-state index in [1.807, 2.05) is 20.8 Å². The Bertz CT molecular complexity index is 187. The van der Waals surface area contributed by atoms with Crippen molar-refractivity contribution in [1.29, 1.82) is 0 Å². The van der Waals surface area contributed by atoms with Crippen LogP contribution >= 0.6 is 0 Å². The zero-order chi connectivity index (χ0) is 11.9. The van der Waals surface area contributed by atoms with Crippen molar-refractivity contribution in [2.75, 3.05) is 20.1 Å². The van der Waals surface area contributed by atoms with Crippen LogP contribution in [0.4, 0.5) is 0 Å². The third-order valence-corrected chi connectivity index (χ3v) is 3.20. The molecule has 0 aliphatic carbocycles. The largest absolute Gasteiger partial charge is 0.306 e. The summed E-state index contributed by atoms with van der Waals surface area (Å²) in [5.41, 5.74) is 1.45. The lowest BCUT2D eigenvalue weighted by molar-refractivity contribution is -0.142. The van der Waals surface area contributed by atoms with Crippen LogP contribution in [0.1, 0.15) is 40.0 Å². The Morgan fingerprint density at radius 3 is 2.20 bits per heavy atom. The number of carbonyl (C=O) groups excluding carboxylic acids is 1. The quantitative estimate of drug-likeness (QED) is 0.545. The van der Waals surface area contributed by atoms with Gasteiger partial charge in [0, 0.05) is 0 Å². The molecule has 0 aromatic carbocycles. The van der Waals surface area contributed by atoms with Crippen LogP contribution in [-0.2, 0) is 4.79 Å². The first kappa shape index (κ1) is 14.4. The predicted octanol–water partition coefficient (Wildman–Crippen LogP) is 1.64. The number of carbonyl (C=O) groups is 1. The molecule has 1 amide bonds. The van der Waals surface area contributed by atoms with E-state index in [9.17, 15) is 4.79 Å². The Kier molecular flexibility index (Phi) is 6.52. The van der Waals surface area contributed by atoms with E-state index in [1.165, 1.54) is 0 Å². The molecule has 0 spiro atoms. The Balaban J connectivity index is 0.000000921. The fraction of sp³-hybridized carbons (Fsp3) is 0.909. The van der Waals surface area contributed by atoms with E-state index in [4.69, 9.17) is 5.21 Å². The van der Waals surface area contributed by atoms with E-state index in [-0.39, 0.29) is 11.3 Å². The third-order valence-electron chi connectivity index (χ3n) is 3.20. The number of hydrogen-bond donors (Lipinski definition) is 2. The number of rotatable bonds is 2. The zero-order valence-electron chi connectivity index (χ0n) is 10.3. The van der Waals surface area contributed by atoms with Gasteiger partial charge in [0.05, 0.1) is 5.41 Å². The molecule has 4 nitrogen and oxygen atoms in total. The molecule has 0 unspecified atom stereocenters. The number of likely N-dealkylation sites (tertiary alicyclic amines) is 1. The minimum Gasteiger partial charge on any atom is -0.306 e. The number of amides is 1. The second-order valence-corrected chi connectivity index (χ2v) is 3.88. The summed E-state index contributed by atoms with van der Waals surface area (Å²) in [5, 5.41) is 8.64. The summed E-state index contributed by atoms with van der Waals surface area (Å²) < 4.78 is 0. The summed E-state index contributed by atoms with van der Waals surface area (Å²) in [6.45, 7) is 7.86.